The van der Waals surface area contributed by atoms with Gasteiger partial charge in [-0.2, -0.15) is 0 Å². The first-order valence-electron chi connectivity index (χ1n) is 13.5. The van der Waals surface area contributed by atoms with E-state index in [1.165, 1.54) is 0 Å². The summed E-state index contributed by atoms with van der Waals surface area (Å²) in [5, 5.41) is 13.9. The van der Waals surface area contributed by atoms with Gasteiger partial charge in [0, 0.05) is 37.2 Å². The number of carbonyl (C=O) groups is 3. The lowest BCUT2D eigenvalue weighted by Crippen LogP contribution is -2.40. The Labute approximate surface area is 252 Å². The molecule has 0 saturated carbocycles. The van der Waals surface area contributed by atoms with Crippen LogP contribution in [0, 0.1) is 34.9 Å². The average Bonchev–Trinajstić information content (AvgIpc) is 2.84. The van der Waals surface area contributed by atoms with Crippen LogP contribution in [0.2, 0.25) is 0 Å². The van der Waals surface area contributed by atoms with Crippen molar-refractivity contribution in [2.45, 2.75) is 90.5 Å². The van der Waals surface area contributed by atoms with Crippen LogP contribution in [0.4, 0.5) is 35.9 Å². The minimum Gasteiger partial charge on any atom is -0.444 e. The highest BCUT2D eigenvalue weighted by Crippen LogP contribution is 2.18. The van der Waals surface area contributed by atoms with E-state index in [0.717, 1.165) is 6.07 Å². The number of benzene rings is 2. The van der Waals surface area contributed by atoms with Crippen LogP contribution in [0.3, 0.4) is 0 Å². The zero-order valence-corrected chi connectivity index (χ0v) is 25.3. The molecule has 2 atom stereocenters. The number of hydrogen-bond donors (Lipinski definition) is 3. The molecule has 0 aliphatic rings. The molecule has 3 N–H and O–H groups in total. The quantitative estimate of drug-likeness (QED) is 0.166. The molecule has 2 aromatic carbocycles. The topological polar surface area (TPSA) is 114 Å². The molecule has 246 valence electrons. The minimum absolute atomic E-state index is 0.0894. The Morgan fingerprint density at radius 3 is 1.43 bits per heavy atom. The molecule has 2 aromatic rings. The zero-order valence-electron chi connectivity index (χ0n) is 25.3. The van der Waals surface area contributed by atoms with Gasteiger partial charge in [0.05, 0.1) is 0 Å². The number of aldehydes is 1. The first kappa shape index (κ1) is 38.2. The maximum atomic E-state index is 13.6. The van der Waals surface area contributed by atoms with Gasteiger partial charge in [-0.05, 0) is 84.1 Å². The zero-order chi connectivity index (χ0) is 33.8. The third kappa shape index (κ3) is 14.6. The fourth-order valence-corrected chi connectivity index (χ4v) is 3.61. The number of rotatable bonds is 10. The molecule has 0 unspecified atom stereocenters. The van der Waals surface area contributed by atoms with E-state index in [1.807, 2.05) is 0 Å². The van der Waals surface area contributed by atoms with Crippen LogP contribution in [-0.2, 0) is 27.1 Å². The Morgan fingerprint density at radius 2 is 1.07 bits per heavy atom. The van der Waals surface area contributed by atoms with Crippen molar-refractivity contribution in [2.24, 2.45) is 0 Å². The van der Waals surface area contributed by atoms with Crippen LogP contribution in [0.1, 0.15) is 65.5 Å². The van der Waals surface area contributed by atoms with Crippen LogP contribution >= 0.6 is 0 Å². The summed E-state index contributed by atoms with van der Waals surface area (Å²) in [5.41, 5.74) is -1.67. The highest BCUT2D eigenvalue weighted by Gasteiger charge is 2.23. The fourth-order valence-electron chi connectivity index (χ4n) is 3.61. The van der Waals surface area contributed by atoms with Crippen LogP contribution in [0.25, 0.3) is 0 Å². The standard InChI is InChI=1S/C15H20F3NO3.C15H18F3NO3/c2*1-15(2,3)22-14(21)19-10(4-5-20)6-9-7-12(17)13(18)8-11(9)16/h7-8,10,20H,4-6H2,1-3H3,(H,19,21);5,7-8,10H,4,6H2,1-3H3,(H,19,21)/t2*10-/m00/s1. The summed E-state index contributed by atoms with van der Waals surface area (Å²) in [7, 11) is 0. The second kappa shape index (κ2) is 16.9. The van der Waals surface area contributed by atoms with Crippen molar-refractivity contribution in [1.29, 1.82) is 0 Å². The summed E-state index contributed by atoms with van der Waals surface area (Å²) in [4.78, 5) is 34.0. The summed E-state index contributed by atoms with van der Waals surface area (Å²) in [6.45, 7) is 9.78. The molecule has 0 spiro atoms. The molecule has 14 heteroatoms. The Bertz CT molecular complexity index is 1280. The van der Waals surface area contributed by atoms with Gasteiger partial charge >= 0.3 is 12.2 Å². The van der Waals surface area contributed by atoms with E-state index in [4.69, 9.17) is 14.6 Å². The Kier molecular flexibility index (Phi) is 14.7. The highest BCUT2D eigenvalue weighted by molar-refractivity contribution is 5.69. The average molecular weight is 637 g/mol. The number of nitrogens with one attached hydrogen (secondary N) is 2. The van der Waals surface area contributed by atoms with E-state index < -0.39 is 70.4 Å². The number of carbonyl (C=O) groups excluding carboxylic acids is 3. The van der Waals surface area contributed by atoms with E-state index in [2.05, 4.69) is 10.6 Å². The summed E-state index contributed by atoms with van der Waals surface area (Å²) in [6, 6.07) is 0.876. The van der Waals surface area contributed by atoms with Crippen molar-refractivity contribution in [3.63, 3.8) is 0 Å². The Hall–Kier alpha value is -3.81. The maximum absolute atomic E-state index is 13.6. The van der Waals surface area contributed by atoms with E-state index in [1.54, 1.807) is 41.5 Å². The van der Waals surface area contributed by atoms with Crippen molar-refractivity contribution >= 4 is 18.5 Å². The van der Waals surface area contributed by atoms with Gasteiger partial charge in [0.1, 0.15) is 29.1 Å². The molecule has 2 rings (SSSR count). The molecule has 0 radical (unpaired) electrons. The van der Waals surface area contributed by atoms with Gasteiger partial charge in [-0.15, -0.1) is 0 Å². The minimum atomic E-state index is -1.30. The number of aliphatic hydroxyl groups excluding tert-OH is 1. The Balaban J connectivity index is 0.000000440. The van der Waals surface area contributed by atoms with Crippen molar-refractivity contribution in [3.8, 4) is 0 Å². The Morgan fingerprint density at radius 1 is 0.705 bits per heavy atom. The number of halogens is 6. The molecule has 0 aliphatic heterocycles. The largest absolute Gasteiger partial charge is 0.444 e. The van der Waals surface area contributed by atoms with Crippen LogP contribution in [-0.4, -0.2) is 53.5 Å². The van der Waals surface area contributed by atoms with Crippen LogP contribution in [0.15, 0.2) is 24.3 Å². The molecule has 8 nitrogen and oxygen atoms in total. The fraction of sp³-hybridized carbons (Fsp3) is 0.500. The molecule has 2 amide bonds. The number of ether oxygens (including phenoxy) is 2. The second-order valence-electron chi connectivity index (χ2n) is 11.7. The summed E-state index contributed by atoms with van der Waals surface area (Å²) in [6.07, 6.45) is -1.21. The number of hydrogen-bond acceptors (Lipinski definition) is 6. The monoisotopic (exact) mass is 636 g/mol. The lowest BCUT2D eigenvalue weighted by Gasteiger charge is -2.23. The van der Waals surface area contributed by atoms with E-state index in [0.29, 0.717) is 24.5 Å². The van der Waals surface area contributed by atoms with Gasteiger partial charge in [0.15, 0.2) is 23.3 Å². The lowest BCUT2D eigenvalue weighted by molar-refractivity contribution is -0.108. The second-order valence-corrected chi connectivity index (χ2v) is 11.7. The lowest BCUT2D eigenvalue weighted by atomic mass is 10.0. The van der Waals surface area contributed by atoms with Gasteiger partial charge in [-0.25, -0.2) is 35.9 Å². The maximum Gasteiger partial charge on any atom is 0.407 e. The van der Waals surface area contributed by atoms with Crippen molar-refractivity contribution in [3.05, 3.63) is 70.3 Å². The third-order valence-electron chi connectivity index (χ3n) is 5.41. The first-order valence-corrected chi connectivity index (χ1v) is 13.5. The van der Waals surface area contributed by atoms with E-state index in [9.17, 15) is 40.7 Å². The molecule has 0 aromatic heterocycles. The molecule has 0 fully saturated rings. The molecular formula is C30H38F6N2O6. The predicted octanol–water partition coefficient (Wildman–Crippen LogP) is 6.05. The number of amides is 2. The van der Waals surface area contributed by atoms with Gasteiger partial charge in [-0.1, -0.05) is 0 Å². The van der Waals surface area contributed by atoms with Crippen LogP contribution < -0.4 is 10.6 Å². The van der Waals surface area contributed by atoms with Gasteiger partial charge in [-0.3, -0.25) is 0 Å². The van der Waals surface area contributed by atoms with Crippen LogP contribution in [0.5, 0.6) is 0 Å². The smallest absolute Gasteiger partial charge is 0.407 e. The third-order valence-corrected chi connectivity index (χ3v) is 5.41. The van der Waals surface area contributed by atoms with E-state index >= 15 is 0 Å². The van der Waals surface area contributed by atoms with E-state index in [-0.39, 0.29) is 43.4 Å². The summed E-state index contributed by atoms with van der Waals surface area (Å²) >= 11 is 0. The van der Waals surface area contributed by atoms with Gasteiger partial charge in [0.25, 0.3) is 0 Å². The van der Waals surface area contributed by atoms with Crippen molar-refractivity contribution in [2.75, 3.05) is 6.61 Å². The molecule has 44 heavy (non-hydrogen) atoms. The SMILES string of the molecule is CC(C)(C)OC(=O)N[C@@H](CC=O)Cc1cc(F)c(F)cc1F.CC(C)(C)OC(=O)N[C@@H](CCO)Cc1cc(F)c(F)cc1F. The predicted molar refractivity (Wildman–Crippen MR) is 149 cm³/mol. The van der Waals surface area contributed by atoms with Crippen molar-refractivity contribution in [1.82, 2.24) is 10.6 Å². The summed E-state index contributed by atoms with van der Waals surface area (Å²) < 4.78 is 89.4. The number of aliphatic hydroxyl groups is 1. The molecular weight excluding hydrogens is 598 g/mol. The van der Waals surface area contributed by atoms with Crippen molar-refractivity contribution < 1.29 is 55.3 Å². The number of alkyl carbamates (subject to hydrolysis) is 2. The molecule has 0 bridgehead atoms. The van der Waals surface area contributed by atoms with Gasteiger partial charge in [0.2, 0.25) is 0 Å². The normalized spacial score (nSPS) is 12.8. The molecule has 0 aliphatic carbocycles. The molecule has 0 heterocycles. The molecule has 0 saturated heterocycles. The summed E-state index contributed by atoms with van der Waals surface area (Å²) in [5.74, 6) is -6.79. The first-order chi connectivity index (χ1) is 20.2. The highest BCUT2D eigenvalue weighted by atomic mass is 19.2. The van der Waals surface area contributed by atoms with Gasteiger partial charge < -0.3 is 30.0 Å².